The number of nitrogens with zero attached hydrogens (tertiary/aromatic N) is 1. The van der Waals surface area contributed by atoms with Gasteiger partial charge in [-0.15, -0.1) is 0 Å². The predicted molar refractivity (Wildman–Crippen MR) is 60.9 cm³/mol. The number of rotatable bonds is 8. The topological polar surface area (TPSA) is 33.7 Å². The average molecular weight is 216 g/mol. The van der Waals surface area contributed by atoms with Crippen LogP contribution in [0.1, 0.15) is 20.3 Å². The quantitative estimate of drug-likeness (QED) is 0.605. The van der Waals surface area contributed by atoms with Crippen molar-refractivity contribution < 1.29 is 9.47 Å². The van der Waals surface area contributed by atoms with Crippen molar-refractivity contribution in [3.05, 3.63) is 0 Å². The van der Waals surface area contributed by atoms with Gasteiger partial charge in [0.05, 0.1) is 0 Å². The molecule has 0 aliphatic carbocycles. The molecule has 15 heavy (non-hydrogen) atoms. The number of ether oxygens (including phenoxy) is 2. The first kappa shape index (κ1) is 12.9. The molecule has 4 nitrogen and oxygen atoms in total. The normalized spacial score (nSPS) is 17.4. The van der Waals surface area contributed by atoms with Crippen LogP contribution in [0.3, 0.4) is 0 Å². The van der Waals surface area contributed by atoms with E-state index in [2.05, 4.69) is 17.3 Å². The zero-order valence-electron chi connectivity index (χ0n) is 10.2. The van der Waals surface area contributed by atoms with E-state index in [1.165, 1.54) is 0 Å². The molecular formula is C11H24N2O2. The highest BCUT2D eigenvalue weighted by molar-refractivity contribution is 4.82. The molecule has 0 bridgehead atoms. The fourth-order valence-electron chi connectivity index (χ4n) is 1.66. The Bertz CT molecular complexity index is 157. The summed E-state index contributed by atoms with van der Waals surface area (Å²) in [5.41, 5.74) is 0. The van der Waals surface area contributed by atoms with Crippen molar-refractivity contribution in [3.63, 3.8) is 0 Å². The van der Waals surface area contributed by atoms with Gasteiger partial charge in [0.1, 0.15) is 0 Å². The van der Waals surface area contributed by atoms with E-state index in [-0.39, 0.29) is 6.29 Å². The van der Waals surface area contributed by atoms with Gasteiger partial charge in [-0.05, 0) is 20.9 Å². The van der Waals surface area contributed by atoms with Crippen LogP contribution in [0.2, 0.25) is 0 Å². The summed E-state index contributed by atoms with van der Waals surface area (Å²) in [4.78, 5) is 2.38. The number of likely N-dealkylation sites (N-methyl/N-ethyl adjacent to an activating group) is 1. The zero-order chi connectivity index (χ0) is 11.1. The van der Waals surface area contributed by atoms with Gasteiger partial charge in [-0.2, -0.15) is 0 Å². The van der Waals surface area contributed by atoms with Crippen LogP contribution in [-0.2, 0) is 9.47 Å². The monoisotopic (exact) mass is 216 g/mol. The van der Waals surface area contributed by atoms with Gasteiger partial charge >= 0.3 is 0 Å². The first-order chi connectivity index (χ1) is 7.27. The van der Waals surface area contributed by atoms with Gasteiger partial charge in [0.2, 0.25) is 0 Å². The maximum absolute atomic E-state index is 5.50. The maximum atomic E-state index is 5.50. The Kier molecular flexibility index (Phi) is 6.17. The third kappa shape index (κ3) is 4.47. The SMILES string of the molecule is CCOC(CCN(C)C1CNC1)OCC. The lowest BCUT2D eigenvalue weighted by molar-refractivity contribution is -0.142. The molecule has 0 spiro atoms. The molecule has 4 heteroatoms. The molecule has 0 amide bonds. The highest BCUT2D eigenvalue weighted by Crippen LogP contribution is 2.07. The summed E-state index contributed by atoms with van der Waals surface area (Å²) in [5, 5.41) is 3.28. The highest BCUT2D eigenvalue weighted by atomic mass is 16.7. The van der Waals surface area contributed by atoms with E-state index in [4.69, 9.17) is 9.47 Å². The van der Waals surface area contributed by atoms with Gasteiger partial charge in [0.25, 0.3) is 0 Å². The first-order valence-corrected chi connectivity index (χ1v) is 5.92. The van der Waals surface area contributed by atoms with Crippen LogP contribution in [0.15, 0.2) is 0 Å². The van der Waals surface area contributed by atoms with Crippen molar-refractivity contribution in [2.45, 2.75) is 32.6 Å². The van der Waals surface area contributed by atoms with Crippen LogP contribution in [0.4, 0.5) is 0 Å². The Morgan fingerprint density at radius 1 is 1.27 bits per heavy atom. The Balaban J connectivity index is 2.13. The van der Waals surface area contributed by atoms with Crippen LogP contribution < -0.4 is 5.32 Å². The Morgan fingerprint density at radius 3 is 2.27 bits per heavy atom. The molecule has 0 unspecified atom stereocenters. The lowest BCUT2D eigenvalue weighted by Gasteiger charge is -2.36. The van der Waals surface area contributed by atoms with Crippen LogP contribution in [0.25, 0.3) is 0 Å². The second-order valence-electron chi connectivity index (χ2n) is 3.92. The van der Waals surface area contributed by atoms with E-state index in [0.29, 0.717) is 6.04 Å². The summed E-state index contributed by atoms with van der Waals surface area (Å²) in [6.07, 6.45) is 0.921. The van der Waals surface area contributed by atoms with E-state index in [0.717, 1.165) is 39.3 Å². The fraction of sp³-hybridized carbons (Fsp3) is 1.00. The Labute approximate surface area is 92.9 Å². The van der Waals surface area contributed by atoms with Gasteiger partial charge in [-0.3, -0.25) is 0 Å². The van der Waals surface area contributed by atoms with Crippen molar-refractivity contribution >= 4 is 0 Å². The largest absolute Gasteiger partial charge is 0.353 e. The van der Waals surface area contributed by atoms with Crippen molar-refractivity contribution in [2.75, 3.05) is 39.9 Å². The molecule has 1 aliphatic heterocycles. The highest BCUT2D eigenvalue weighted by Gasteiger charge is 2.21. The van der Waals surface area contributed by atoms with Gasteiger partial charge in [-0.25, -0.2) is 0 Å². The smallest absolute Gasteiger partial charge is 0.158 e. The lowest BCUT2D eigenvalue weighted by atomic mass is 10.1. The van der Waals surface area contributed by atoms with E-state index < -0.39 is 0 Å². The fourth-order valence-corrected chi connectivity index (χ4v) is 1.66. The minimum atomic E-state index is -0.0320. The minimum absolute atomic E-state index is 0.0320. The molecule has 1 N–H and O–H groups in total. The third-order valence-electron chi connectivity index (χ3n) is 2.81. The molecule has 1 rings (SSSR count). The molecule has 1 aliphatic rings. The molecule has 0 aromatic heterocycles. The van der Waals surface area contributed by atoms with Crippen LogP contribution in [-0.4, -0.2) is 57.1 Å². The molecular weight excluding hydrogens is 192 g/mol. The summed E-state index contributed by atoms with van der Waals surface area (Å²) in [5.74, 6) is 0. The van der Waals surface area contributed by atoms with Crippen molar-refractivity contribution in [2.24, 2.45) is 0 Å². The summed E-state index contributed by atoms with van der Waals surface area (Å²) >= 11 is 0. The number of hydrogen-bond donors (Lipinski definition) is 1. The minimum Gasteiger partial charge on any atom is -0.353 e. The molecule has 0 radical (unpaired) electrons. The Hall–Kier alpha value is -0.160. The second-order valence-corrected chi connectivity index (χ2v) is 3.92. The van der Waals surface area contributed by atoms with E-state index >= 15 is 0 Å². The maximum Gasteiger partial charge on any atom is 0.158 e. The van der Waals surface area contributed by atoms with Crippen molar-refractivity contribution in [1.29, 1.82) is 0 Å². The summed E-state index contributed by atoms with van der Waals surface area (Å²) in [7, 11) is 2.17. The van der Waals surface area contributed by atoms with Crippen molar-refractivity contribution in [3.8, 4) is 0 Å². The molecule has 1 fully saturated rings. The first-order valence-electron chi connectivity index (χ1n) is 5.92. The zero-order valence-corrected chi connectivity index (χ0v) is 10.2. The number of nitrogens with one attached hydrogen (secondary N) is 1. The molecule has 1 heterocycles. The van der Waals surface area contributed by atoms with E-state index in [9.17, 15) is 0 Å². The molecule has 90 valence electrons. The Morgan fingerprint density at radius 2 is 1.87 bits per heavy atom. The molecule has 0 saturated carbocycles. The molecule has 0 atom stereocenters. The standard InChI is InChI=1S/C11H24N2O2/c1-4-14-11(15-5-2)6-7-13(3)10-8-12-9-10/h10-12H,4-9H2,1-3H3. The van der Waals surface area contributed by atoms with E-state index in [1.54, 1.807) is 0 Å². The second kappa shape index (κ2) is 7.17. The lowest BCUT2D eigenvalue weighted by Crippen LogP contribution is -2.56. The summed E-state index contributed by atoms with van der Waals surface area (Å²) < 4.78 is 11.0. The van der Waals surface area contributed by atoms with Crippen LogP contribution in [0, 0.1) is 0 Å². The van der Waals surface area contributed by atoms with Crippen LogP contribution >= 0.6 is 0 Å². The van der Waals surface area contributed by atoms with Crippen LogP contribution in [0.5, 0.6) is 0 Å². The summed E-state index contributed by atoms with van der Waals surface area (Å²) in [6, 6.07) is 0.703. The van der Waals surface area contributed by atoms with E-state index in [1.807, 2.05) is 13.8 Å². The predicted octanol–water partition coefficient (Wildman–Crippen LogP) is 0.679. The third-order valence-corrected chi connectivity index (χ3v) is 2.81. The molecule has 0 aromatic carbocycles. The van der Waals surface area contributed by atoms with Crippen molar-refractivity contribution in [1.82, 2.24) is 10.2 Å². The van der Waals surface area contributed by atoms with Gasteiger partial charge < -0.3 is 19.7 Å². The summed E-state index contributed by atoms with van der Waals surface area (Å²) in [6.45, 7) is 8.72. The van der Waals surface area contributed by atoms with Gasteiger partial charge in [0, 0.05) is 45.3 Å². The average Bonchev–Trinajstić information content (AvgIpc) is 2.12. The number of hydrogen-bond acceptors (Lipinski definition) is 4. The molecule has 0 aromatic rings. The van der Waals surface area contributed by atoms with Gasteiger partial charge in [-0.1, -0.05) is 0 Å². The molecule has 1 saturated heterocycles. The van der Waals surface area contributed by atoms with Gasteiger partial charge in [0.15, 0.2) is 6.29 Å².